The van der Waals surface area contributed by atoms with Crippen molar-refractivity contribution in [3.8, 4) is 0 Å². The van der Waals surface area contributed by atoms with Gasteiger partial charge in [0.1, 0.15) is 24.5 Å². The van der Waals surface area contributed by atoms with Gasteiger partial charge in [-0.25, -0.2) is 9.36 Å². The molecule has 3 amide bonds. The van der Waals surface area contributed by atoms with E-state index in [4.69, 9.17) is 5.73 Å². The molecule has 14 nitrogen and oxygen atoms in total. The Hall–Kier alpha value is -4.66. The number of allylic oxidation sites excluding steroid dienone is 2. The first-order valence-corrected chi connectivity index (χ1v) is 12.4. The first kappa shape index (κ1) is 25.0. The first-order chi connectivity index (χ1) is 18.2. The number of anilines is 2. The van der Waals surface area contributed by atoms with Gasteiger partial charge < -0.3 is 26.3 Å². The summed E-state index contributed by atoms with van der Waals surface area (Å²) < 4.78 is 5.66. The fourth-order valence-electron chi connectivity index (χ4n) is 4.90. The smallest absolute Gasteiger partial charge is 0.352 e. The molecule has 2 aromatic rings. The van der Waals surface area contributed by atoms with Gasteiger partial charge in [-0.05, 0) is 37.0 Å². The van der Waals surface area contributed by atoms with Crippen LogP contribution in [0.1, 0.15) is 25.1 Å². The van der Waals surface area contributed by atoms with Crippen molar-refractivity contribution in [1.82, 2.24) is 19.6 Å². The molecule has 0 spiro atoms. The van der Waals surface area contributed by atoms with Gasteiger partial charge in [0.15, 0.2) is 17.5 Å². The van der Waals surface area contributed by atoms with Crippen LogP contribution in [0.2, 0.25) is 0 Å². The minimum absolute atomic E-state index is 0.0617. The molecule has 38 heavy (non-hydrogen) atoms. The number of carboxylic acid groups (broad SMARTS) is 1. The second kappa shape index (κ2) is 9.66. The molecule has 3 aliphatic rings. The van der Waals surface area contributed by atoms with E-state index in [2.05, 4.69) is 19.8 Å². The van der Waals surface area contributed by atoms with Gasteiger partial charge in [0.05, 0.1) is 6.04 Å². The Morgan fingerprint density at radius 3 is 2.79 bits per heavy atom. The van der Waals surface area contributed by atoms with Crippen LogP contribution in [0.3, 0.4) is 0 Å². The van der Waals surface area contributed by atoms with Crippen molar-refractivity contribution in [3.63, 3.8) is 0 Å². The highest BCUT2D eigenvalue weighted by atomic mass is 32.1. The van der Waals surface area contributed by atoms with Crippen molar-refractivity contribution in [3.05, 3.63) is 53.3 Å². The van der Waals surface area contributed by atoms with E-state index in [9.17, 15) is 29.5 Å². The maximum atomic E-state index is 13.1. The molecule has 5 heterocycles. The van der Waals surface area contributed by atoms with Crippen molar-refractivity contribution >= 4 is 51.8 Å². The average Bonchev–Trinajstić information content (AvgIpc) is 3.47. The molecule has 3 aliphatic heterocycles. The van der Waals surface area contributed by atoms with E-state index in [1.54, 1.807) is 11.0 Å². The molecule has 2 atom stereocenters. The number of aromatic nitrogens is 3. The van der Waals surface area contributed by atoms with Gasteiger partial charge in [-0.3, -0.25) is 19.3 Å². The lowest BCUT2D eigenvalue weighted by atomic mass is 9.83. The number of pyridine rings is 1. The van der Waals surface area contributed by atoms with Gasteiger partial charge in [0.2, 0.25) is 11.5 Å². The van der Waals surface area contributed by atoms with E-state index in [0.29, 0.717) is 30.5 Å². The van der Waals surface area contributed by atoms with Crippen LogP contribution in [0, 0.1) is 0 Å². The van der Waals surface area contributed by atoms with E-state index in [0.717, 1.165) is 22.1 Å². The number of aryl methyl sites for hydroxylation is 1. The van der Waals surface area contributed by atoms with Gasteiger partial charge in [0.25, 0.3) is 17.7 Å². The van der Waals surface area contributed by atoms with Crippen molar-refractivity contribution < 1.29 is 34.1 Å². The van der Waals surface area contributed by atoms with Crippen LogP contribution in [0.25, 0.3) is 0 Å². The van der Waals surface area contributed by atoms with Crippen LogP contribution in [-0.4, -0.2) is 72.6 Å². The van der Waals surface area contributed by atoms with Crippen LogP contribution < -0.4 is 20.5 Å². The summed E-state index contributed by atoms with van der Waals surface area (Å²) in [5, 5.41) is 24.7. The number of nitrogen functional groups attached to an aromatic ring is 1. The fraction of sp³-hybridized carbons (Fsp3) is 0.304. The number of rotatable bonds is 6. The second-order valence-corrected chi connectivity index (χ2v) is 9.74. The molecule has 0 aliphatic carbocycles. The minimum Gasteiger partial charge on any atom is -0.477 e. The Kier molecular flexibility index (Phi) is 6.36. The summed E-state index contributed by atoms with van der Waals surface area (Å²) >= 11 is 0.804. The number of carbonyl (C=O) groups is 4. The minimum atomic E-state index is -1.31. The van der Waals surface area contributed by atoms with Gasteiger partial charge >= 0.3 is 5.97 Å². The van der Waals surface area contributed by atoms with E-state index in [1.165, 1.54) is 0 Å². The van der Waals surface area contributed by atoms with Gasteiger partial charge in [-0.15, -0.1) is 0 Å². The zero-order valence-electron chi connectivity index (χ0n) is 20.1. The molecular formula is C23H23N8O6S+. The fourth-order valence-corrected chi connectivity index (χ4v) is 5.34. The predicted molar refractivity (Wildman–Crippen MR) is 132 cm³/mol. The molecule has 2 saturated heterocycles. The number of oxime groups is 1. The third-order valence-electron chi connectivity index (χ3n) is 6.64. The molecule has 0 saturated carbocycles. The second-order valence-electron chi connectivity index (χ2n) is 8.95. The van der Waals surface area contributed by atoms with E-state index in [-0.39, 0.29) is 29.0 Å². The topological polar surface area (TPSA) is 195 Å². The molecule has 2 aromatic heterocycles. The number of β-lactam (4-membered cyclic amide) rings is 1. The van der Waals surface area contributed by atoms with Crippen LogP contribution in [0.4, 0.5) is 10.8 Å². The zero-order chi connectivity index (χ0) is 27.1. The summed E-state index contributed by atoms with van der Waals surface area (Å²) in [4.78, 5) is 57.5. The Bertz CT molecular complexity index is 1460. The molecule has 5 N–H and O–H groups in total. The van der Waals surface area contributed by atoms with Crippen molar-refractivity contribution in [2.75, 3.05) is 17.2 Å². The van der Waals surface area contributed by atoms with Crippen LogP contribution in [-0.2, 0) is 26.2 Å². The molecule has 0 bridgehead atoms. The lowest BCUT2D eigenvalue weighted by Crippen LogP contribution is -2.72. The normalized spacial score (nSPS) is 22.6. The maximum absolute atomic E-state index is 13.1. The number of amides is 3. The van der Waals surface area contributed by atoms with E-state index >= 15 is 0 Å². The molecule has 196 valence electrons. The highest BCUT2D eigenvalue weighted by Crippen LogP contribution is 2.38. The third-order valence-corrected chi connectivity index (χ3v) is 7.18. The lowest BCUT2D eigenvalue weighted by molar-refractivity contribution is -0.670. The molecule has 0 unspecified atom stereocenters. The Labute approximate surface area is 219 Å². The standard InChI is InChI=1S/C23H22N8O6S/c1-29-7-2-3-13(10-29)30-8-6-12(20(30)33)9-11-4-5-14-15(21(34)31(14)17(11)22(35)36)25-19(32)16(27-37)18-26-23(24)38-28-18/h2-3,7,9-10,14-15H,4-6,8H2,1H3,(H4-,24,25,26,28,32,35,36,37)/p+1/t14-,15+/m1/s1. The van der Waals surface area contributed by atoms with Crippen LogP contribution >= 0.6 is 11.5 Å². The van der Waals surface area contributed by atoms with Gasteiger partial charge in [-0.2, -0.15) is 9.36 Å². The molecule has 5 rings (SSSR count). The largest absolute Gasteiger partial charge is 0.477 e. The quantitative estimate of drug-likeness (QED) is 0.0918. The Balaban J connectivity index is 1.35. The number of aliphatic carboxylic acids is 1. The van der Waals surface area contributed by atoms with Crippen LogP contribution in [0.15, 0.2) is 52.6 Å². The number of fused-ring (bicyclic) bond motifs is 1. The van der Waals surface area contributed by atoms with Gasteiger partial charge in [0, 0.05) is 29.7 Å². The van der Waals surface area contributed by atoms with Crippen molar-refractivity contribution in [2.24, 2.45) is 12.2 Å². The van der Waals surface area contributed by atoms with E-state index in [1.807, 2.05) is 36.1 Å². The lowest BCUT2D eigenvalue weighted by Gasteiger charge is -2.50. The van der Waals surface area contributed by atoms with Gasteiger partial charge in [-0.1, -0.05) is 5.16 Å². The summed E-state index contributed by atoms with van der Waals surface area (Å²) in [7, 11) is 1.85. The summed E-state index contributed by atoms with van der Waals surface area (Å²) in [6.45, 7) is 0.456. The average molecular weight is 540 g/mol. The number of carbonyl (C=O) groups excluding carboxylic acids is 3. The number of hydrogen-bond acceptors (Lipinski definition) is 10. The first-order valence-electron chi connectivity index (χ1n) is 11.6. The maximum Gasteiger partial charge on any atom is 0.352 e. The number of hydrogen-bond donors (Lipinski definition) is 4. The monoisotopic (exact) mass is 539 g/mol. The Morgan fingerprint density at radius 1 is 1.34 bits per heavy atom. The number of nitrogens with one attached hydrogen (secondary N) is 1. The highest BCUT2D eigenvalue weighted by molar-refractivity contribution is 7.09. The number of nitrogens with two attached hydrogens (primary N) is 1. The molecule has 15 heteroatoms. The summed E-state index contributed by atoms with van der Waals surface area (Å²) in [5.74, 6) is -3.25. The molecule has 0 radical (unpaired) electrons. The summed E-state index contributed by atoms with van der Waals surface area (Å²) in [6.07, 6.45) is 6.32. The summed E-state index contributed by atoms with van der Waals surface area (Å²) in [5.41, 5.74) is 6.34. The van der Waals surface area contributed by atoms with Crippen molar-refractivity contribution in [1.29, 1.82) is 0 Å². The summed E-state index contributed by atoms with van der Waals surface area (Å²) in [6, 6.07) is 2.02. The Morgan fingerprint density at radius 2 is 2.13 bits per heavy atom. The SMILES string of the molecule is C[n+]1cccc(N2CCC(=CC3=C(C(=O)O)N4C(=O)[C@@H](NC(=O)C(=NO)c5nsc(N)n5)[C@H]4CC3)C2=O)c1. The molecular weight excluding hydrogens is 516 g/mol. The zero-order valence-corrected chi connectivity index (χ0v) is 20.9. The number of nitrogens with zero attached hydrogens (tertiary/aromatic N) is 6. The predicted octanol–water partition coefficient (Wildman–Crippen LogP) is -0.685. The third kappa shape index (κ3) is 4.26. The van der Waals surface area contributed by atoms with Crippen LogP contribution in [0.5, 0.6) is 0 Å². The van der Waals surface area contributed by atoms with E-state index < -0.39 is 35.6 Å². The highest BCUT2D eigenvalue weighted by Gasteiger charge is 2.53. The molecule has 2 fully saturated rings. The molecule has 0 aromatic carbocycles. The number of carboxylic acids is 1. The van der Waals surface area contributed by atoms with Crippen molar-refractivity contribution in [2.45, 2.75) is 31.3 Å².